The van der Waals surface area contributed by atoms with Gasteiger partial charge in [0, 0.05) is 35.7 Å². The predicted octanol–water partition coefficient (Wildman–Crippen LogP) is 4.19. The molecule has 0 bridgehead atoms. The van der Waals surface area contributed by atoms with E-state index in [9.17, 15) is 21.6 Å². The second kappa shape index (κ2) is 14.8. The van der Waals surface area contributed by atoms with E-state index in [-0.39, 0.29) is 24.6 Å². The molecule has 0 radical (unpaired) electrons. The number of benzene rings is 2. The van der Waals surface area contributed by atoms with Gasteiger partial charge in [-0.2, -0.15) is 0 Å². The number of amides is 1. The Morgan fingerprint density at radius 3 is 1.71 bits per heavy atom. The number of nitrogens with zero attached hydrogens (tertiary/aromatic N) is 1. The number of carbonyl (C=O) groups excluding carboxylic acids is 1. The summed E-state index contributed by atoms with van der Waals surface area (Å²) in [6.07, 6.45) is -0.400. The highest BCUT2D eigenvalue weighted by molar-refractivity contribution is 9.10. The fourth-order valence-corrected chi connectivity index (χ4v) is 4.86. The van der Waals surface area contributed by atoms with Crippen molar-refractivity contribution in [3.63, 3.8) is 0 Å². The lowest BCUT2D eigenvalue weighted by Crippen LogP contribution is -2.52. The SMILES string of the molecule is C.C.CNS(=O)(=O)c1ccc(Br)cc1.CNS(=O)(=O)c1ccc(N2CC(CNC(=O)OC(C)(C)C)C2)cc1. The van der Waals surface area contributed by atoms with Crippen LogP contribution in [0.1, 0.15) is 35.6 Å². The van der Waals surface area contributed by atoms with Crippen molar-refractivity contribution in [1.82, 2.24) is 14.8 Å². The summed E-state index contributed by atoms with van der Waals surface area (Å²) in [5.74, 6) is 0.359. The van der Waals surface area contributed by atoms with Crippen LogP contribution in [0.3, 0.4) is 0 Å². The van der Waals surface area contributed by atoms with Gasteiger partial charge >= 0.3 is 6.09 Å². The standard InChI is InChI=1S/C16H25N3O4S.C7H8BrNO2S.2CH4/c1-16(2,3)23-15(20)18-9-12-10-19(11-12)13-5-7-14(8-6-13)24(21,22)17-4;1-9-12(10,11)7-4-2-6(8)3-5-7;;/h5-8,12,17H,9-11H2,1-4H3,(H,18,20);2-5,9H,1H3;2*1H4. The lowest BCUT2D eigenvalue weighted by molar-refractivity contribution is 0.0516. The van der Waals surface area contributed by atoms with Crippen LogP contribution in [0.2, 0.25) is 0 Å². The average molecular weight is 638 g/mol. The number of nitrogens with one attached hydrogen (secondary N) is 3. The molecule has 1 aliphatic rings. The van der Waals surface area contributed by atoms with Crippen molar-refractivity contribution in [2.45, 2.75) is 51.0 Å². The molecule has 3 rings (SSSR count). The average Bonchev–Trinajstić information content (AvgIpc) is 2.78. The van der Waals surface area contributed by atoms with Gasteiger partial charge in [0.25, 0.3) is 0 Å². The number of rotatable bonds is 7. The van der Waals surface area contributed by atoms with Gasteiger partial charge < -0.3 is 15.0 Å². The molecule has 0 aromatic heterocycles. The highest BCUT2D eigenvalue weighted by atomic mass is 79.9. The molecular weight excluding hydrogens is 596 g/mol. The van der Waals surface area contributed by atoms with E-state index < -0.39 is 31.7 Å². The molecule has 0 spiro atoms. The van der Waals surface area contributed by atoms with Crippen molar-refractivity contribution in [3.05, 3.63) is 53.0 Å². The Hall–Kier alpha value is -2.19. The molecule has 1 amide bonds. The first-order valence-corrected chi connectivity index (χ1v) is 14.9. The highest BCUT2D eigenvalue weighted by Gasteiger charge is 2.28. The number of hydrogen-bond acceptors (Lipinski definition) is 7. The number of alkyl carbamates (subject to hydrolysis) is 1. The van der Waals surface area contributed by atoms with Crippen LogP contribution in [0, 0.1) is 5.92 Å². The summed E-state index contributed by atoms with van der Waals surface area (Å²) < 4.78 is 56.3. The van der Waals surface area contributed by atoms with E-state index in [0.29, 0.717) is 12.5 Å². The van der Waals surface area contributed by atoms with E-state index >= 15 is 0 Å². The van der Waals surface area contributed by atoms with Crippen LogP contribution >= 0.6 is 15.9 Å². The summed E-state index contributed by atoms with van der Waals surface area (Å²) in [6.45, 7) is 7.68. The Kier molecular flexibility index (Phi) is 14.0. The van der Waals surface area contributed by atoms with E-state index in [1.54, 1.807) is 36.4 Å². The van der Waals surface area contributed by atoms with Crippen LogP contribution in [0.4, 0.5) is 10.5 Å². The number of carbonyl (C=O) groups is 1. The van der Waals surface area contributed by atoms with Gasteiger partial charge in [-0.1, -0.05) is 30.8 Å². The number of ether oxygens (including phenoxy) is 1. The summed E-state index contributed by atoms with van der Waals surface area (Å²) in [5.41, 5.74) is 0.476. The first kappa shape index (κ1) is 35.8. The van der Waals surface area contributed by atoms with Crippen LogP contribution in [0.25, 0.3) is 0 Å². The minimum atomic E-state index is -3.40. The van der Waals surface area contributed by atoms with Gasteiger partial charge in [-0.25, -0.2) is 31.1 Å². The zero-order valence-corrected chi connectivity index (χ0v) is 24.1. The third-order valence-corrected chi connectivity index (χ3v) is 8.45. The zero-order valence-electron chi connectivity index (χ0n) is 20.9. The summed E-state index contributed by atoms with van der Waals surface area (Å²) in [7, 11) is -3.91. The van der Waals surface area contributed by atoms with Gasteiger partial charge in [0.2, 0.25) is 20.0 Å². The van der Waals surface area contributed by atoms with Crippen molar-refractivity contribution >= 4 is 47.8 Å². The Bertz CT molecular complexity index is 1220. The smallest absolute Gasteiger partial charge is 0.407 e. The zero-order chi connectivity index (χ0) is 27.1. The number of anilines is 1. The van der Waals surface area contributed by atoms with Crippen molar-refractivity contribution < 1.29 is 26.4 Å². The van der Waals surface area contributed by atoms with Crippen LogP contribution in [-0.4, -0.2) is 62.3 Å². The van der Waals surface area contributed by atoms with Crippen LogP contribution in [0.5, 0.6) is 0 Å². The number of sulfonamides is 2. The summed E-state index contributed by atoms with van der Waals surface area (Å²) in [4.78, 5) is 14.3. The van der Waals surface area contributed by atoms with Gasteiger partial charge in [-0.05, 0) is 83.4 Å². The molecule has 13 heteroatoms. The molecule has 216 valence electrons. The minimum absolute atomic E-state index is 0. The van der Waals surface area contributed by atoms with Crippen molar-refractivity contribution in [1.29, 1.82) is 0 Å². The molecule has 3 N–H and O–H groups in total. The van der Waals surface area contributed by atoms with Crippen LogP contribution in [-0.2, 0) is 24.8 Å². The first-order valence-electron chi connectivity index (χ1n) is 11.1. The topological polar surface area (TPSA) is 134 Å². The van der Waals surface area contributed by atoms with Crippen molar-refractivity contribution in [3.8, 4) is 0 Å². The summed E-state index contributed by atoms with van der Waals surface area (Å²) in [5, 5.41) is 2.77. The normalized spacial score (nSPS) is 13.6. The van der Waals surface area contributed by atoms with Gasteiger partial charge in [0.05, 0.1) is 9.79 Å². The molecule has 10 nitrogen and oxygen atoms in total. The maximum Gasteiger partial charge on any atom is 0.407 e. The fraction of sp³-hybridized carbons (Fsp3) is 0.480. The molecule has 0 aliphatic carbocycles. The second-order valence-electron chi connectivity index (χ2n) is 9.02. The van der Waals surface area contributed by atoms with Gasteiger partial charge in [0.1, 0.15) is 5.60 Å². The Balaban J connectivity index is 0.000000831. The molecule has 1 aliphatic heterocycles. The maximum absolute atomic E-state index is 11.7. The van der Waals surface area contributed by atoms with Gasteiger partial charge in [0.15, 0.2) is 0 Å². The lowest BCUT2D eigenvalue weighted by Gasteiger charge is -2.41. The first-order chi connectivity index (χ1) is 16.7. The van der Waals surface area contributed by atoms with E-state index in [1.807, 2.05) is 20.8 Å². The van der Waals surface area contributed by atoms with Crippen molar-refractivity contribution in [2.24, 2.45) is 5.92 Å². The van der Waals surface area contributed by atoms with E-state index in [4.69, 9.17) is 4.74 Å². The number of halogens is 1. The minimum Gasteiger partial charge on any atom is -0.444 e. The summed E-state index contributed by atoms with van der Waals surface area (Å²) >= 11 is 3.22. The molecule has 2 aromatic carbocycles. The Labute approximate surface area is 236 Å². The summed E-state index contributed by atoms with van der Waals surface area (Å²) in [6, 6.07) is 13.2. The number of hydrogen-bond donors (Lipinski definition) is 3. The highest BCUT2D eigenvalue weighted by Crippen LogP contribution is 2.25. The van der Waals surface area contributed by atoms with E-state index in [0.717, 1.165) is 23.2 Å². The lowest BCUT2D eigenvalue weighted by atomic mass is 9.99. The van der Waals surface area contributed by atoms with Crippen LogP contribution < -0.4 is 19.7 Å². The largest absolute Gasteiger partial charge is 0.444 e. The maximum atomic E-state index is 11.7. The quantitative estimate of drug-likeness (QED) is 0.415. The van der Waals surface area contributed by atoms with E-state index in [1.165, 1.54) is 26.2 Å². The third kappa shape index (κ3) is 10.9. The molecule has 0 unspecified atom stereocenters. The molecule has 2 aromatic rings. The molecule has 1 heterocycles. The molecule has 0 saturated carbocycles. The fourth-order valence-electron chi connectivity index (χ4n) is 3.14. The second-order valence-corrected chi connectivity index (χ2v) is 13.7. The molecule has 1 fully saturated rings. The monoisotopic (exact) mass is 636 g/mol. The molecule has 38 heavy (non-hydrogen) atoms. The molecule has 1 saturated heterocycles. The van der Waals surface area contributed by atoms with E-state index in [2.05, 4.69) is 35.6 Å². The third-order valence-electron chi connectivity index (χ3n) is 5.06. The van der Waals surface area contributed by atoms with Gasteiger partial charge in [-0.3, -0.25) is 0 Å². The van der Waals surface area contributed by atoms with Gasteiger partial charge in [-0.15, -0.1) is 0 Å². The molecular formula is C25H41BrN4O6S2. The molecule has 0 atom stereocenters. The predicted molar refractivity (Wildman–Crippen MR) is 156 cm³/mol. The Morgan fingerprint density at radius 1 is 0.895 bits per heavy atom. The van der Waals surface area contributed by atoms with Crippen LogP contribution in [0.15, 0.2) is 62.8 Å². The Morgan fingerprint density at radius 2 is 1.32 bits per heavy atom. The van der Waals surface area contributed by atoms with Crippen molar-refractivity contribution in [2.75, 3.05) is 38.6 Å².